The Hall–Kier alpha value is -1.39. The minimum absolute atomic E-state index is 0.430. The van der Waals surface area contributed by atoms with Crippen molar-refractivity contribution in [1.82, 2.24) is 14.8 Å². The van der Waals surface area contributed by atoms with Crippen LogP contribution in [0.25, 0.3) is 0 Å². The zero-order chi connectivity index (χ0) is 11.2. The average molecular weight is 221 g/mol. The maximum atomic E-state index is 11.4. The van der Waals surface area contributed by atoms with Crippen LogP contribution < -0.4 is 0 Å². The molecule has 0 aromatic carbocycles. The third kappa shape index (κ3) is 1.14. The van der Waals surface area contributed by atoms with E-state index in [2.05, 4.69) is 10.2 Å². The molecular formula is C11H15N3O2. The van der Waals surface area contributed by atoms with Crippen LogP contribution in [-0.2, 0) is 10.3 Å². The summed E-state index contributed by atoms with van der Waals surface area (Å²) in [5.74, 6) is 0.576. The van der Waals surface area contributed by atoms with Crippen LogP contribution in [0.3, 0.4) is 0 Å². The first-order valence-electron chi connectivity index (χ1n) is 5.88. The van der Waals surface area contributed by atoms with E-state index in [4.69, 9.17) is 0 Å². The first kappa shape index (κ1) is 9.81. The number of rotatable bonds is 3. The molecule has 1 N–H and O–H groups in total. The summed E-state index contributed by atoms with van der Waals surface area (Å²) in [6.07, 6.45) is 7.45. The molecule has 5 heteroatoms. The number of aromatic nitrogens is 3. The highest BCUT2D eigenvalue weighted by Gasteiger charge is 2.48. The molecule has 1 aromatic rings. The van der Waals surface area contributed by atoms with E-state index in [0.29, 0.717) is 18.8 Å². The third-order valence-electron chi connectivity index (χ3n) is 4.08. The Morgan fingerprint density at radius 2 is 2.19 bits per heavy atom. The highest BCUT2D eigenvalue weighted by Crippen LogP contribution is 2.43. The fourth-order valence-electron chi connectivity index (χ4n) is 2.59. The van der Waals surface area contributed by atoms with Crippen LogP contribution in [0.4, 0.5) is 0 Å². The maximum absolute atomic E-state index is 11.4. The van der Waals surface area contributed by atoms with Gasteiger partial charge in [0.1, 0.15) is 17.7 Å². The molecule has 2 saturated carbocycles. The number of aliphatic carboxylic acids is 1. The molecule has 86 valence electrons. The Balaban J connectivity index is 1.98. The molecule has 0 radical (unpaired) electrons. The highest BCUT2D eigenvalue weighted by molar-refractivity contribution is 5.78. The summed E-state index contributed by atoms with van der Waals surface area (Å²) in [5.41, 5.74) is -0.742. The fraction of sp³-hybridized carbons (Fsp3) is 0.727. The van der Waals surface area contributed by atoms with E-state index in [1.165, 1.54) is 6.42 Å². The monoisotopic (exact) mass is 221 g/mol. The van der Waals surface area contributed by atoms with Gasteiger partial charge in [0, 0.05) is 5.92 Å². The Bertz CT molecular complexity index is 419. The molecule has 3 rings (SSSR count). The summed E-state index contributed by atoms with van der Waals surface area (Å²) in [7, 11) is 0. The van der Waals surface area contributed by atoms with Crippen LogP contribution in [0.15, 0.2) is 6.33 Å². The number of hydrogen-bond donors (Lipinski definition) is 1. The predicted octanol–water partition coefficient (Wildman–Crippen LogP) is 1.51. The molecule has 0 spiro atoms. The van der Waals surface area contributed by atoms with E-state index in [9.17, 15) is 9.90 Å². The SMILES string of the molecule is O=C(O)C1(n2cnnc2C2CCC2)CCC1. The summed E-state index contributed by atoms with van der Waals surface area (Å²) in [6.45, 7) is 0. The molecule has 0 bridgehead atoms. The first-order chi connectivity index (χ1) is 7.74. The lowest BCUT2D eigenvalue weighted by Gasteiger charge is -2.40. The Morgan fingerprint density at radius 3 is 2.62 bits per heavy atom. The van der Waals surface area contributed by atoms with E-state index in [-0.39, 0.29) is 0 Å². The standard InChI is InChI=1S/C11H15N3O2/c15-10(16)11(5-2-6-11)14-7-12-13-9(14)8-3-1-4-8/h7-8H,1-6H2,(H,15,16). The van der Waals surface area contributed by atoms with E-state index in [1.807, 2.05) is 4.57 Å². The van der Waals surface area contributed by atoms with Crippen molar-refractivity contribution < 1.29 is 9.90 Å². The van der Waals surface area contributed by atoms with E-state index < -0.39 is 11.5 Å². The molecule has 1 heterocycles. The van der Waals surface area contributed by atoms with Crippen molar-refractivity contribution in [3.63, 3.8) is 0 Å². The topological polar surface area (TPSA) is 68.0 Å². The quantitative estimate of drug-likeness (QED) is 0.840. The number of carboxylic acids is 1. The molecule has 5 nitrogen and oxygen atoms in total. The van der Waals surface area contributed by atoms with Crippen LogP contribution >= 0.6 is 0 Å². The molecule has 0 amide bonds. The van der Waals surface area contributed by atoms with E-state index >= 15 is 0 Å². The van der Waals surface area contributed by atoms with Gasteiger partial charge in [0.2, 0.25) is 0 Å². The minimum atomic E-state index is -0.742. The Morgan fingerprint density at radius 1 is 1.44 bits per heavy atom. The van der Waals surface area contributed by atoms with Crippen molar-refractivity contribution in [2.75, 3.05) is 0 Å². The molecule has 16 heavy (non-hydrogen) atoms. The molecule has 0 aliphatic heterocycles. The normalized spacial score (nSPS) is 23.5. The Kier molecular flexibility index (Phi) is 2.02. The van der Waals surface area contributed by atoms with E-state index in [1.54, 1.807) is 6.33 Å². The number of nitrogens with zero attached hydrogens (tertiary/aromatic N) is 3. The largest absolute Gasteiger partial charge is 0.479 e. The van der Waals surface area contributed by atoms with Crippen molar-refractivity contribution in [3.05, 3.63) is 12.2 Å². The van der Waals surface area contributed by atoms with Gasteiger partial charge in [-0.2, -0.15) is 0 Å². The lowest BCUT2D eigenvalue weighted by molar-refractivity contribution is -0.152. The second kappa shape index (κ2) is 3.30. The molecule has 0 saturated heterocycles. The van der Waals surface area contributed by atoms with Gasteiger partial charge in [0.05, 0.1) is 0 Å². The van der Waals surface area contributed by atoms with Crippen molar-refractivity contribution in [3.8, 4) is 0 Å². The van der Waals surface area contributed by atoms with Crippen molar-refractivity contribution in [2.24, 2.45) is 0 Å². The first-order valence-corrected chi connectivity index (χ1v) is 5.88. The summed E-state index contributed by atoms with van der Waals surface area (Å²) in [4.78, 5) is 11.4. The summed E-state index contributed by atoms with van der Waals surface area (Å²) < 4.78 is 1.82. The molecule has 2 aliphatic carbocycles. The molecule has 0 atom stereocenters. The van der Waals surface area contributed by atoms with Gasteiger partial charge >= 0.3 is 5.97 Å². The van der Waals surface area contributed by atoms with Crippen LogP contribution in [0, 0.1) is 0 Å². The van der Waals surface area contributed by atoms with Gasteiger partial charge in [-0.1, -0.05) is 6.42 Å². The summed E-state index contributed by atoms with van der Waals surface area (Å²) in [6, 6.07) is 0. The summed E-state index contributed by atoms with van der Waals surface area (Å²) in [5, 5.41) is 17.4. The maximum Gasteiger partial charge on any atom is 0.329 e. The second-order valence-electron chi connectivity index (χ2n) is 4.88. The zero-order valence-corrected chi connectivity index (χ0v) is 9.09. The second-order valence-corrected chi connectivity index (χ2v) is 4.88. The highest BCUT2D eigenvalue weighted by atomic mass is 16.4. The van der Waals surface area contributed by atoms with Gasteiger partial charge in [0.15, 0.2) is 0 Å². The number of carbonyl (C=O) groups is 1. The fourth-order valence-corrected chi connectivity index (χ4v) is 2.59. The lowest BCUT2D eigenvalue weighted by Crippen LogP contribution is -2.48. The van der Waals surface area contributed by atoms with Crippen molar-refractivity contribution in [1.29, 1.82) is 0 Å². The van der Waals surface area contributed by atoms with Gasteiger partial charge in [-0.05, 0) is 32.1 Å². The van der Waals surface area contributed by atoms with Crippen LogP contribution in [0.5, 0.6) is 0 Å². The summed E-state index contributed by atoms with van der Waals surface area (Å²) >= 11 is 0. The molecule has 1 aromatic heterocycles. The van der Waals surface area contributed by atoms with Gasteiger partial charge in [-0.15, -0.1) is 10.2 Å². The number of carboxylic acid groups (broad SMARTS) is 1. The van der Waals surface area contributed by atoms with Crippen LogP contribution in [0.1, 0.15) is 50.3 Å². The van der Waals surface area contributed by atoms with Crippen molar-refractivity contribution in [2.45, 2.75) is 50.0 Å². The Labute approximate surface area is 93.5 Å². The van der Waals surface area contributed by atoms with Crippen molar-refractivity contribution >= 4 is 5.97 Å². The molecule has 2 aliphatic rings. The minimum Gasteiger partial charge on any atom is -0.479 e. The smallest absolute Gasteiger partial charge is 0.329 e. The number of hydrogen-bond acceptors (Lipinski definition) is 3. The van der Waals surface area contributed by atoms with Gasteiger partial charge in [-0.3, -0.25) is 0 Å². The van der Waals surface area contributed by atoms with Gasteiger partial charge in [-0.25, -0.2) is 4.79 Å². The predicted molar refractivity (Wildman–Crippen MR) is 56.1 cm³/mol. The lowest BCUT2D eigenvalue weighted by atomic mass is 9.75. The molecular weight excluding hydrogens is 206 g/mol. The zero-order valence-electron chi connectivity index (χ0n) is 9.09. The van der Waals surface area contributed by atoms with Gasteiger partial charge < -0.3 is 9.67 Å². The molecule has 0 unspecified atom stereocenters. The van der Waals surface area contributed by atoms with Crippen LogP contribution in [0.2, 0.25) is 0 Å². The third-order valence-corrected chi connectivity index (χ3v) is 4.08. The molecule has 2 fully saturated rings. The average Bonchev–Trinajstić information content (AvgIpc) is 2.48. The van der Waals surface area contributed by atoms with E-state index in [0.717, 1.165) is 25.1 Å². The van der Waals surface area contributed by atoms with Gasteiger partial charge in [0.25, 0.3) is 0 Å². The van der Waals surface area contributed by atoms with Crippen LogP contribution in [-0.4, -0.2) is 25.8 Å².